The lowest BCUT2D eigenvalue weighted by Crippen LogP contribution is -2.70. The Morgan fingerprint density at radius 2 is 1.80 bits per heavy atom. The Kier molecular flexibility index (Phi) is 7.85. The summed E-state index contributed by atoms with van der Waals surface area (Å²) in [6.45, 7) is 2.22. The summed E-state index contributed by atoms with van der Waals surface area (Å²) in [6.07, 6.45) is 3.22. The summed E-state index contributed by atoms with van der Waals surface area (Å²) < 4.78 is 17.2. The summed E-state index contributed by atoms with van der Waals surface area (Å²) in [4.78, 5) is 68.5. The van der Waals surface area contributed by atoms with Crippen molar-refractivity contribution in [3.63, 3.8) is 0 Å². The van der Waals surface area contributed by atoms with Crippen molar-refractivity contribution < 1.29 is 33.8 Å². The minimum atomic E-state index is -1.34. The molecule has 1 aliphatic carbocycles. The van der Waals surface area contributed by atoms with Gasteiger partial charge in [0.1, 0.15) is 28.5 Å². The number of aliphatic carboxylic acids is 1. The molecule has 4 aliphatic rings. The van der Waals surface area contributed by atoms with E-state index in [2.05, 4.69) is 10.2 Å². The Labute approximate surface area is 270 Å². The van der Waals surface area contributed by atoms with Crippen LogP contribution in [-0.2, 0) is 20.8 Å². The van der Waals surface area contributed by atoms with Crippen molar-refractivity contribution in [2.24, 2.45) is 0 Å². The maximum atomic E-state index is 15.4. The van der Waals surface area contributed by atoms with E-state index in [-0.39, 0.29) is 35.0 Å². The molecule has 2 amide bonds. The number of rotatable bonds is 9. The number of fused-ring (bicyclic) bond motifs is 2. The molecule has 2 atom stereocenters. The molecule has 1 saturated carbocycles. The number of thiophene rings is 1. The van der Waals surface area contributed by atoms with Gasteiger partial charge in [-0.25, -0.2) is 14.0 Å². The lowest BCUT2D eigenvalue weighted by Gasteiger charge is -2.50. The molecule has 15 heteroatoms. The van der Waals surface area contributed by atoms with Gasteiger partial charge in [-0.1, -0.05) is 6.07 Å². The number of halogens is 1. The number of piperazine rings is 1. The predicted molar refractivity (Wildman–Crippen MR) is 170 cm³/mol. The van der Waals surface area contributed by atoms with Crippen LogP contribution in [0.1, 0.15) is 34.1 Å². The minimum absolute atomic E-state index is 0.0396. The molecule has 2 unspecified atom stereocenters. The molecule has 3 fully saturated rings. The number of β-lactam (4-membered cyclic amide) rings is 1. The number of benzene rings is 1. The molecule has 2 aromatic heterocycles. The van der Waals surface area contributed by atoms with E-state index in [0.717, 1.165) is 23.8 Å². The summed E-state index contributed by atoms with van der Waals surface area (Å²) in [7, 11) is 0. The van der Waals surface area contributed by atoms with Crippen LogP contribution < -0.4 is 15.6 Å². The smallest absolute Gasteiger partial charge is 0.352 e. The number of carboxylic acid groups (broad SMARTS) is 2. The van der Waals surface area contributed by atoms with E-state index in [1.807, 2.05) is 22.4 Å². The van der Waals surface area contributed by atoms with E-state index in [1.54, 1.807) is 10.6 Å². The number of aromatic carboxylic acids is 1. The number of hydrogen-bond acceptors (Lipinski definition) is 9. The molecule has 0 spiro atoms. The number of aromatic nitrogens is 1. The van der Waals surface area contributed by atoms with Gasteiger partial charge in [0.05, 0.1) is 17.6 Å². The Bertz CT molecular complexity index is 1860. The fourth-order valence-corrected chi connectivity index (χ4v) is 8.46. The molecule has 0 bridgehead atoms. The van der Waals surface area contributed by atoms with Crippen LogP contribution in [0.5, 0.6) is 0 Å². The van der Waals surface area contributed by atoms with Gasteiger partial charge in [-0.05, 0) is 42.0 Å². The Balaban J connectivity index is 1.04. The average molecular weight is 668 g/mol. The van der Waals surface area contributed by atoms with Crippen molar-refractivity contribution in [3.8, 4) is 0 Å². The maximum absolute atomic E-state index is 15.4. The van der Waals surface area contributed by atoms with Gasteiger partial charge in [-0.15, -0.1) is 23.1 Å². The summed E-state index contributed by atoms with van der Waals surface area (Å²) in [5.41, 5.74) is 0.303. The topological polar surface area (TPSA) is 152 Å². The number of nitrogens with one attached hydrogen (secondary N) is 1. The lowest BCUT2D eigenvalue weighted by atomic mass is 10.0. The number of thioether (sulfide) groups is 1. The van der Waals surface area contributed by atoms with E-state index in [1.165, 1.54) is 34.2 Å². The fourth-order valence-electron chi connectivity index (χ4n) is 6.43. The SMILES string of the molecule is O=C(Cc1cccs1)NC1C(=O)N2C(C(=O)O)=C(CN3CCN(c4cc5c(cc4F)c(=O)c(C(=O)O)cn5C4CC4)CC3)CSC12. The zero-order chi connectivity index (χ0) is 32.3. The van der Waals surface area contributed by atoms with Gasteiger partial charge in [0.2, 0.25) is 11.3 Å². The summed E-state index contributed by atoms with van der Waals surface area (Å²) >= 11 is 2.88. The van der Waals surface area contributed by atoms with Gasteiger partial charge in [0.15, 0.2) is 0 Å². The molecular weight excluding hydrogens is 638 g/mol. The van der Waals surface area contributed by atoms with Crippen LogP contribution in [0, 0.1) is 5.82 Å². The summed E-state index contributed by atoms with van der Waals surface area (Å²) in [5, 5.41) is 23.8. The molecule has 0 radical (unpaired) electrons. The van der Waals surface area contributed by atoms with Crippen LogP contribution in [0.3, 0.4) is 0 Å². The largest absolute Gasteiger partial charge is 0.477 e. The number of carbonyl (C=O) groups is 4. The van der Waals surface area contributed by atoms with Crippen molar-refractivity contribution in [1.82, 2.24) is 19.7 Å². The third-order valence-corrected chi connectivity index (χ3v) is 11.1. The van der Waals surface area contributed by atoms with Crippen LogP contribution in [0.15, 0.2) is 51.9 Å². The first kappa shape index (κ1) is 30.4. The van der Waals surface area contributed by atoms with E-state index in [4.69, 9.17) is 0 Å². The minimum Gasteiger partial charge on any atom is -0.477 e. The second-order valence-electron chi connectivity index (χ2n) is 11.9. The molecule has 3 N–H and O–H groups in total. The fraction of sp³-hybridized carbons (Fsp3) is 0.387. The highest BCUT2D eigenvalue weighted by Gasteiger charge is 2.54. The summed E-state index contributed by atoms with van der Waals surface area (Å²) in [6, 6.07) is 5.74. The van der Waals surface area contributed by atoms with Crippen LogP contribution in [0.25, 0.3) is 10.9 Å². The van der Waals surface area contributed by atoms with E-state index < -0.39 is 40.5 Å². The predicted octanol–water partition coefficient (Wildman–Crippen LogP) is 2.34. The summed E-state index contributed by atoms with van der Waals surface area (Å²) in [5.74, 6) is -3.48. The van der Waals surface area contributed by atoms with Gasteiger partial charge in [-0.2, -0.15) is 0 Å². The zero-order valence-electron chi connectivity index (χ0n) is 24.5. The molecule has 46 heavy (non-hydrogen) atoms. The standard InChI is InChI=1S/C31H30FN5O7S2/c32-21-11-19-22(36(17-3-4-17)14-20(27(19)39)30(41)42)12-23(21)35-7-5-34(6-8-35)13-16-15-46-29-25(28(40)37(29)26(16)31(43)44)33-24(38)10-18-2-1-9-45-18/h1-2,9,11-12,14,17,25,29H,3-8,10,13,15H2,(H,33,38)(H,41,42)(H,43,44). The molecular formula is C31H30FN5O7S2. The number of carbonyl (C=O) groups excluding carboxylic acids is 2. The highest BCUT2D eigenvalue weighted by Crippen LogP contribution is 2.41. The molecule has 1 aromatic carbocycles. The van der Waals surface area contributed by atoms with Gasteiger partial charge in [0, 0.05) is 61.0 Å². The molecule has 2 saturated heterocycles. The Morgan fingerprint density at radius 1 is 1.04 bits per heavy atom. The molecule has 240 valence electrons. The Morgan fingerprint density at radius 3 is 2.46 bits per heavy atom. The lowest BCUT2D eigenvalue weighted by molar-refractivity contribution is -0.150. The van der Waals surface area contributed by atoms with Crippen molar-refractivity contribution >= 4 is 63.4 Å². The third kappa shape index (κ3) is 5.45. The number of amides is 2. The number of anilines is 1. The molecule has 3 aromatic rings. The monoisotopic (exact) mass is 667 g/mol. The highest BCUT2D eigenvalue weighted by atomic mass is 32.2. The average Bonchev–Trinajstić information content (AvgIpc) is 3.75. The van der Waals surface area contributed by atoms with Crippen LogP contribution >= 0.6 is 23.1 Å². The van der Waals surface area contributed by atoms with Crippen molar-refractivity contribution in [2.45, 2.75) is 36.7 Å². The first-order chi connectivity index (χ1) is 22.1. The molecule has 12 nitrogen and oxygen atoms in total. The Hall–Kier alpha value is -4.21. The third-order valence-electron chi connectivity index (χ3n) is 8.88. The van der Waals surface area contributed by atoms with Gasteiger partial charge >= 0.3 is 11.9 Å². The first-order valence-corrected chi connectivity index (χ1v) is 16.8. The van der Waals surface area contributed by atoms with Crippen LogP contribution in [-0.4, -0.2) is 98.2 Å². The van der Waals surface area contributed by atoms with Gasteiger partial charge in [0.25, 0.3) is 5.91 Å². The van der Waals surface area contributed by atoms with Crippen molar-refractivity contribution in [3.05, 3.63) is 73.6 Å². The van der Waals surface area contributed by atoms with E-state index in [9.17, 15) is 34.2 Å². The number of nitrogens with zero attached hydrogens (tertiary/aromatic N) is 4. The van der Waals surface area contributed by atoms with Crippen LogP contribution in [0.2, 0.25) is 0 Å². The molecule has 5 heterocycles. The second kappa shape index (κ2) is 11.9. The molecule has 7 rings (SSSR count). The maximum Gasteiger partial charge on any atom is 0.352 e. The highest BCUT2D eigenvalue weighted by molar-refractivity contribution is 8.00. The van der Waals surface area contributed by atoms with E-state index >= 15 is 4.39 Å². The quantitative estimate of drug-likeness (QED) is 0.290. The zero-order valence-corrected chi connectivity index (χ0v) is 26.1. The van der Waals surface area contributed by atoms with Gasteiger partial charge < -0.3 is 25.0 Å². The van der Waals surface area contributed by atoms with Crippen molar-refractivity contribution in [1.29, 1.82) is 0 Å². The normalized spacial score (nSPS) is 21.7. The van der Waals surface area contributed by atoms with Crippen LogP contribution in [0.4, 0.5) is 10.1 Å². The number of carboxylic acids is 2. The first-order valence-electron chi connectivity index (χ1n) is 14.9. The number of hydrogen-bond donors (Lipinski definition) is 3. The van der Waals surface area contributed by atoms with E-state index in [0.29, 0.717) is 55.3 Å². The van der Waals surface area contributed by atoms with Gasteiger partial charge in [-0.3, -0.25) is 24.2 Å². The second-order valence-corrected chi connectivity index (χ2v) is 14.0. The molecule has 3 aliphatic heterocycles. The van der Waals surface area contributed by atoms with Crippen molar-refractivity contribution in [2.75, 3.05) is 43.4 Å². The number of pyridine rings is 1.